The molecule has 152 valence electrons. The lowest BCUT2D eigenvalue weighted by Crippen LogP contribution is -2.31. The van der Waals surface area contributed by atoms with Gasteiger partial charge >= 0.3 is 0 Å². The van der Waals surface area contributed by atoms with Gasteiger partial charge in [-0.15, -0.1) is 0 Å². The molecule has 0 spiro atoms. The standard InChI is InChI=1S/C20H27N3O5/c1-3-26-17-12-14(9-10-16(17)25-2)20-22-19(28-23-20)8-4-7-18(24)21-13-15-6-5-11-27-15/h9-10,12,15H,3-8,11,13H2,1-2H3,(H,21,24)/t15-/m0/s1. The van der Waals surface area contributed by atoms with Crippen LogP contribution in [-0.2, 0) is 16.0 Å². The zero-order chi connectivity index (χ0) is 19.8. The number of benzene rings is 1. The second-order valence-corrected chi connectivity index (χ2v) is 6.60. The fourth-order valence-electron chi connectivity index (χ4n) is 3.08. The lowest BCUT2D eigenvalue weighted by molar-refractivity contribution is -0.121. The fourth-order valence-corrected chi connectivity index (χ4v) is 3.08. The topological polar surface area (TPSA) is 95.7 Å². The Labute approximate surface area is 164 Å². The second kappa shape index (κ2) is 10.1. The van der Waals surface area contributed by atoms with Crippen LogP contribution in [0.1, 0.15) is 38.5 Å². The first-order valence-corrected chi connectivity index (χ1v) is 9.71. The Morgan fingerprint density at radius 1 is 1.36 bits per heavy atom. The van der Waals surface area contributed by atoms with Gasteiger partial charge in [0.25, 0.3) is 0 Å². The number of methoxy groups -OCH3 is 1. The van der Waals surface area contributed by atoms with E-state index >= 15 is 0 Å². The van der Waals surface area contributed by atoms with Crippen LogP contribution in [0.5, 0.6) is 11.5 Å². The van der Waals surface area contributed by atoms with E-state index in [1.165, 1.54) is 0 Å². The van der Waals surface area contributed by atoms with Crippen molar-refractivity contribution in [1.82, 2.24) is 15.5 Å². The summed E-state index contributed by atoms with van der Waals surface area (Å²) in [7, 11) is 1.60. The van der Waals surface area contributed by atoms with Crippen LogP contribution in [0.4, 0.5) is 0 Å². The van der Waals surface area contributed by atoms with Crippen molar-refractivity contribution < 1.29 is 23.5 Å². The van der Waals surface area contributed by atoms with E-state index in [4.69, 9.17) is 18.7 Å². The van der Waals surface area contributed by atoms with Gasteiger partial charge in [0.05, 0.1) is 19.8 Å². The SMILES string of the molecule is CCOc1cc(-c2noc(CCCC(=O)NC[C@@H]3CCCO3)n2)ccc1OC. The zero-order valence-electron chi connectivity index (χ0n) is 16.4. The number of hydrogen-bond donors (Lipinski definition) is 1. The molecule has 3 rings (SSSR count). The third-order valence-corrected chi connectivity index (χ3v) is 4.54. The van der Waals surface area contributed by atoms with Crippen molar-refractivity contribution in [3.05, 3.63) is 24.1 Å². The molecule has 1 amide bonds. The maximum atomic E-state index is 11.9. The van der Waals surface area contributed by atoms with Crippen LogP contribution in [0.15, 0.2) is 22.7 Å². The largest absolute Gasteiger partial charge is 0.493 e. The van der Waals surface area contributed by atoms with Crippen molar-refractivity contribution in [3.8, 4) is 22.9 Å². The van der Waals surface area contributed by atoms with E-state index in [9.17, 15) is 4.79 Å². The van der Waals surface area contributed by atoms with Crippen LogP contribution in [0.25, 0.3) is 11.4 Å². The highest BCUT2D eigenvalue weighted by molar-refractivity contribution is 5.75. The summed E-state index contributed by atoms with van der Waals surface area (Å²) in [6.07, 6.45) is 3.86. The number of hydrogen-bond acceptors (Lipinski definition) is 7. The molecule has 1 saturated heterocycles. The Morgan fingerprint density at radius 2 is 2.25 bits per heavy atom. The Bertz CT molecular complexity index is 771. The minimum Gasteiger partial charge on any atom is -0.493 e. The molecule has 0 unspecified atom stereocenters. The maximum Gasteiger partial charge on any atom is 0.226 e. The predicted octanol–water partition coefficient (Wildman–Crippen LogP) is 2.76. The number of aromatic nitrogens is 2. The third-order valence-electron chi connectivity index (χ3n) is 4.54. The van der Waals surface area contributed by atoms with Gasteiger partial charge in [-0.2, -0.15) is 4.98 Å². The quantitative estimate of drug-likeness (QED) is 0.667. The number of carbonyl (C=O) groups excluding carboxylic acids is 1. The maximum absolute atomic E-state index is 11.9. The molecule has 1 atom stereocenters. The molecule has 0 radical (unpaired) electrons. The number of amides is 1. The van der Waals surface area contributed by atoms with Gasteiger partial charge in [0, 0.05) is 31.6 Å². The molecular formula is C20H27N3O5. The van der Waals surface area contributed by atoms with E-state index in [1.807, 2.05) is 25.1 Å². The van der Waals surface area contributed by atoms with Crippen LogP contribution < -0.4 is 14.8 Å². The number of ether oxygens (including phenoxy) is 3. The Hall–Kier alpha value is -2.61. The number of nitrogens with one attached hydrogen (secondary N) is 1. The van der Waals surface area contributed by atoms with Gasteiger partial charge in [-0.3, -0.25) is 4.79 Å². The van der Waals surface area contributed by atoms with Crippen LogP contribution in [0.3, 0.4) is 0 Å². The molecule has 8 heteroatoms. The van der Waals surface area contributed by atoms with Crippen molar-refractivity contribution in [1.29, 1.82) is 0 Å². The summed E-state index contributed by atoms with van der Waals surface area (Å²) >= 11 is 0. The summed E-state index contributed by atoms with van der Waals surface area (Å²) in [5.74, 6) is 2.31. The molecule has 8 nitrogen and oxygen atoms in total. The van der Waals surface area contributed by atoms with E-state index in [0.29, 0.717) is 55.6 Å². The van der Waals surface area contributed by atoms with Crippen molar-refractivity contribution >= 4 is 5.91 Å². The molecule has 1 aromatic heterocycles. The van der Waals surface area contributed by atoms with Crippen LogP contribution in [0, 0.1) is 0 Å². The summed E-state index contributed by atoms with van der Waals surface area (Å²) in [6, 6.07) is 5.50. The first-order valence-electron chi connectivity index (χ1n) is 9.71. The summed E-state index contributed by atoms with van der Waals surface area (Å²) in [4.78, 5) is 16.3. The lowest BCUT2D eigenvalue weighted by atomic mass is 10.2. The van der Waals surface area contributed by atoms with Crippen molar-refractivity contribution in [2.75, 3.05) is 26.9 Å². The number of rotatable bonds is 10. The molecular weight excluding hydrogens is 362 g/mol. The monoisotopic (exact) mass is 389 g/mol. The zero-order valence-corrected chi connectivity index (χ0v) is 16.4. The number of nitrogens with zero attached hydrogens (tertiary/aromatic N) is 2. The average Bonchev–Trinajstić information content (AvgIpc) is 3.39. The normalized spacial score (nSPS) is 16.1. The van der Waals surface area contributed by atoms with Crippen molar-refractivity contribution in [2.24, 2.45) is 0 Å². The Morgan fingerprint density at radius 3 is 3.00 bits per heavy atom. The first-order chi connectivity index (χ1) is 13.7. The minimum atomic E-state index is 0.0201. The number of carbonyl (C=O) groups is 1. The summed E-state index contributed by atoms with van der Waals surface area (Å²) in [5.41, 5.74) is 0.786. The van der Waals surface area contributed by atoms with E-state index in [2.05, 4.69) is 15.5 Å². The van der Waals surface area contributed by atoms with Gasteiger partial charge in [0.15, 0.2) is 11.5 Å². The molecule has 2 heterocycles. The average molecular weight is 389 g/mol. The van der Waals surface area contributed by atoms with E-state index in [1.54, 1.807) is 7.11 Å². The molecule has 1 aromatic carbocycles. The fraction of sp³-hybridized carbons (Fsp3) is 0.550. The molecule has 1 fully saturated rings. The Balaban J connectivity index is 1.48. The highest BCUT2D eigenvalue weighted by Crippen LogP contribution is 2.31. The predicted molar refractivity (Wildman–Crippen MR) is 102 cm³/mol. The van der Waals surface area contributed by atoms with Gasteiger partial charge in [0.2, 0.25) is 17.6 Å². The minimum absolute atomic E-state index is 0.0201. The van der Waals surface area contributed by atoms with Crippen molar-refractivity contribution in [2.45, 2.75) is 45.1 Å². The molecule has 2 aromatic rings. The van der Waals surface area contributed by atoms with Gasteiger partial charge in [-0.1, -0.05) is 5.16 Å². The van der Waals surface area contributed by atoms with Gasteiger partial charge in [-0.25, -0.2) is 0 Å². The van der Waals surface area contributed by atoms with Crippen LogP contribution >= 0.6 is 0 Å². The van der Waals surface area contributed by atoms with E-state index in [0.717, 1.165) is 25.0 Å². The molecule has 1 aliphatic heterocycles. The van der Waals surface area contributed by atoms with Gasteiger partial charge in [0.1, 0.15) is 0 Å². The van der Waals surface area contributed by atoms with Gasteiger partial charge in [-0.05, 0) is 44.4 Å². The van der Waals surface area contributed by atoms with E-state index in [-0.39, 0.29) is 12.0 Å². The molecule has 0 aliphatic carbocycles. The first kappa shape index (κ1) is 20.1. The number of aryl methyl sites for hydroxylation is 1. The molecule has 0 saturated carbocycles. The summed E-state index contributed by atoms with van der Waals surface area (Å²) in [6.45, 7) is 3.82. The molecule has 1 N–H and O–H groups in total. The second-order valence-electron chi connectivity index (χ2n) is 6.60. The smallest absolute Gasteiger partial charge is 0.226 e. The molecule has 0 bridgehead atoms. The molecule has 28 heavy (non-hydrogen) atoms. The van der Waals surface area contributed by atoms with Crippen molar-refractivity contribution in [3.63, 3.8) is 0 Å². The van der Waals surface area contributed by atoms with Gasteiger partial charge < -0.3 is 24.1 Å². The highest BCUT2D eigenvalue weighted by Gasteiger charge is 2.16. The van der Waals surface area contributed by atoms with Crippen LogP contribution in [0.2, 0.25) is 0 Å². The van der Waals surface area contributed by atoms with E-state index < -0.39 is 0 Å². The van der Waals surface area contributed by atoms with Crippen LogP contribution in [-0.4, -0.2) is 49.0 Å². The summed E-state index contributed by atoms with van der Waals surface area (Å²) in [5, 5.41) is 6.94. The molecule has 1 aliphatic rings. The Kier molecular flexibility index (Phi) is 7.25. The third kappa shape index (κ3) is 5.45. The summed E-state index contributed by atoms with van der Waals surface area (Å²) < 4.78 is 21.7. The lowest BCUT2D eigenvalue weighted by Gasteiger charge is -2.10. The highest BCUT2D eigenvalue weighted by atomic mass is 16.5.